The van der Waals surface area contributed by atoms with Crippen LogP contribution in [0.3, 0.4) is 0 Å². The van der Waals surface area contributed by atoms with Gasteiger partial charge in [-0.05, 0) is 48.0 Å². The summed E-state index contributed by atoms with van der Waals surface area (Å²) in [4.78, 5) is 11.4. The van der Waals surface area contributed by atoms with Gasteiger partial charge in [-0.1, -0.05) is 23.2 Å². The Kier molecular flexibility index (Phi) is 4.88. The van der Waals surface area contributed by atoms with Crippen LogP contribution in [0.15, 0.2) is 42.5 Å². The average Bonchev–Trinajstić information content (AvgIpc) is 2.44. The van der Waals surface area contributed by atoms with Crippen LogP contribution in [0.1, 0.15) is 15.9 Å². The van der Waals surface area contributed by atoms with Crippen molar-refractivity contribution in [3.05, 3.63) is 63.6 Å². The van der Waals surface area contributed by atoms with Crippen LogP contribution in [-0.4, -0.2) is 13.0 Å². The second-order valence-corrected chi connectivity index (χ2v) is 5.16. The van der Waals surface area contributed by atoms with E-state index in [0.29, 0.717) is 22.2 Å². The van der Waals surface area contributed by atoms with Gasteiger partial charge in [0, 0.05) is 34.9 Å². The molecule has 2 aromatic carbocycles. The number of halogens is 2. The summed E-state index contributed by atoms with van der Waals surface area (Å²) in [6, 6.07) is 12.7. The lowest BCUT2D eigenvalue weighted by Crippen LogP contribution is -2.17. The molecule has 0 bridgehead atoms. The number of hydrogen-bond acceptors (Lipinski definition) is 2. The third-order valence-electron chi connectivity index (χ3n) is 2.79. The number of carbonyl (C=O) groups excluding carboxylic acids is 1. The zero-order chi connectivity index (χ0) is 14.5. The fraction of sp³-hybridized carbons (Fsp3) is 0.133. The summed E-state index contributed by atoms with van der Waals surface area (Å²) >= 11 is 11.9. The molecule has 0 aliphatic rings. The summed E-state index contributed by atoms with van der Waals surface area (Å²) in [6.45, 7) is 0.611. The van der Waals surface area contributed by atoms with Crippen LogP contribution < -0.4 is 10.6 Å². The van der Waals surface area contributed by atoms with Crippen LogP contribution in [0, 0.1) is 0 Å². The van der Waals surface area contributed by atoms with E-state index in [-0.39, 0.29) is 5.91 Å². The van der Waals surface area contributed by atoms with Crippen LogP contribution >= 0.6 is 23.2 Å². The third kappa shape index (κ3) is 3.89. The van der Waals surface area contributed by atoms with Gasteiger partial charge in [0.05, 0.1) is 0 Å². The lowest BCUT2D eigenvalue weighted by atomic mass is 10.2. The molecule has 5 heteroatoms. The first-order valence-corrected chi connectivity index (χ1v) is 6.85. The van der Waals surface area contributed by atoms with Crippen molar-refractivity contribution in [1.82, 2.24) is 5.32 Å². The molecule has 20 heavy (non-hydrogen) atoms. The van der Waals surface area contributed by atoms with Gasteiger partial charge < -0.3 is 10.6 Å². The molecule has 2 rings (SSSR count). The molecule has 0 aliphatic carbocycles. The van der Waals surface area contributed by atoms with Crippen molar-refractivity contribution in [2.45, 2.75) is 6.54 Å². The molecule has 0 fully saturated rings. The Bertz CT molecular complexity index is 592. The lowest BCUT2D eigenvalue weighted by Gasteiger charge is -2.08. The molecule has 0 spiro atoms. The van der Waals surface area contributed by atoms with E-state index in [2.05, 4.69) is 10.6 Å². The predicted octanol–water partition coefficient (Wildman–Crippen LogP) is 3.97. The van der Waals surface area contributed by atoms with Crippen molar-refractivity contribution in [2.75, 3.05) is 12.4 Å². The zero-order valence-electron chi connectivity index (χ0n) is 10.9. The van der Waals surface area contributed by atoms with Crippen LogP contribution in [-0.2, 0) is 6.54 Å². The van der Waals surface area contributed by atoms with Gasteiger partial charge in [-0.25, -0.2) is 0 Å². The minimum atomic E-state index is -0.0989. The Balaban J connectivity index is 2.02. The highest BCUT2D eigenvalue weighted by molar-refractivity contribution is 6.34. The van der Waals surface area contributed by atoms with Crippen molar-refractivity contribution in [2.24, 2.45) is 0 Å². The highest BCUT2D eigenvalue weighted by atomic mass is 35.5. The van der Waals surface area contributed by atoms with Crippen molar-refractivity contribution in [3.8, 4) is 0 Å². The number of benzene rings is 2. The minimum Gasteiger partial charge on any atom is -0.381 e. The summed E-state index contributed by atoms with van der Waals surface area (Å²) in [6.07, 6.45) is 0. The van der Waals surface area contributed by atoms with Crippen molar-refractivity contribution in [3.63, 3.8) is 0 Å². The predicted molar refractivity (Wildman–Crippen MR) is 83.6 cm³/mol. The van der Waals surface area contributed by atoms with E-state index in [1.165, 1.54) is 0 Å². The van der Waals surface area contributed by atoms with E-state index < -0.39 is 0 Å². The summed E-state index contributed by atoms with van der Waals surface area (Å²) in [5, 5.41) is 7.06. The van der Waals surface area contributed by atoms with Gasteiger partial charge in [0.25, 0.3) is 5.91 Å². The standard InChI is InChI=1S/C15H14Cl2N2O/c1-18-15(20)11-2-4-14(5-3-11)19-9-10-6-12(16)8-13(17)7-10/h2-8,19H,9H2,1H3,(H,18,20). The fourth-order valence-corrected chi connectivity index (χ4v) is 2.37. The maximum atomic E-state index is 11.4. The summed E-state index contributed by atoms with van der Waals surface area (Å²) in [7, 11) is 1.61. The van der Waals surface area contributed by atoms with Gasteiger partial charge in [-0.15, -0.1) is 0 Å². The fourth-order valence-electron chi connectivity index (χ4n) is 1.80. The summed E-state index contributed by atoms with van der Waals surface area (Å²) in [5.41, 5.74) is 2.55. The molecule has 0 atom stereocenters. The molecule has 0 aliphatic heterocycles. The van der Waals surface area contributed by atoms with Gasteiger partial charge in [0.2, 0.25) is 0 Å². The number of nitrogens with one attached hydrogen (secondary N) is 2. The Morgan fingerprint density at radius 1 is 1.05 bits per heavy atom. The van der Waals surface area contributed by atoms with Crippen molar-refractivity contribution >= 4 is 34.8 Å². The monoisotopic (exact) mass is 308 g/mol. The topological polar surface area (TPSA) is 41.1 Å². The molecule has 1 amide bonds. The first kappa shape index (κ1) is 14.7. The average molecular weight is 309 g/mol. The SMILES string of the molecule is CNC(=O)c1ccc(NCc2cc(Cl)cc(Cl)c2)cc1. The first-order chi connectivity index (χ1) is 9.58. The highest BCUT2D eigenvalue weighted by Gasteiger charge is 2.02. The van der Waals surface area contributed by atoms with Gasteiger partial charge >= 0.3 is 0 Å². The van der Waals surface area contributed by atoms with Gasteiger partial charge in [-0.3, -0.25) is 4.79 Å². The molecule has 0 saturated carbocycles. The lowest BCUT2D eigenvalue weighted by molar-refractivity contribution is 0.0963. The van der Waals surface area contributed by atoms with E-state index in [4.69, 9.17) is 23.2 Å². The number of carbonyl (C=O) groups is 1. The molecule has 2 aromatic rings. The van der Waals surface area contributed by atoms with Crippen LogP contribution in [0.2, 0.25) is 10.0 Å². The van der Waals surface area contributed by atoms with E-state index >= 15 is 0 Å². The Labute approximate surface area is 127 Å². The highest BCUT2D eigenvalue weighted by Crippen LogP contribution is 2.20. The molecule has 0 saturated heterocycles. The minimum absolute atomic E-state index is 0.0989. The van der Waals surface area contributed by atoms with Crippen molar-refractivity contribution in [1.29, 1.82) is 0 Å². The summed E-state index contributed by atoms with van der Waals surface area (Å²) < 4.78 is 0. The molecular formula is C15H14Cl2N2O. The first-order valence-electron chi connectivity index (χ1n) is 6.09. The Hall–Kier alpha value is -1.71. The zero-order valence-corrected chi connectivity index (χ0v) is 12.4. The van der Waals surface area contributed by atoms with Crippen LogP contribution in [0.4, 0.5) is 5.69 Å². The van der Waals surface area contributed by atoms with E-state index in [0.717, 1.165) is 11.3 Å². The maximum Gasteiger partial charge on any atom is 0.251 e. The van der Waals surface area contributed by atoms with Gasteiger partial charge in [-0.2, -0.15) is 0 Å². The molecule has 0 unspecified atom stereocenters. The molecule has 0 aromatic heterocycles. The van der Waals surface area contributed by atoms with Gasteiger partial charge in [0.15, 0.2) is 0 Å². The maximum absolute atomic E-state index is 11.4. The molecule has 2 N–H and O–H groups in total. The normalized spacial score (nSPS) is 10.2. The quantitative estimate of drug-likeness (QED) is 0.897. The third-order valence-corrected chi connectivity index (χ3v) is 3.23. The Morgan fingerprint density at radius 3 is 2.20 bits per heavy atom. The van der Waals surface area contributed by atoms with Gasteiger partial charge in [0.1, 0.15) is 0 Å². The number of rotatable bonds is 4. The van der Waals surface area contributed by atoms with E-state index in [1.807, 2.05) is 24.3 Å². The molecule has 104 valence electrons. The van der Waals surface area contributed by atoms with E-state index in [1.54, 1.807) is 25.2 Å². The summed E-state index contributed by atoms with van der Waals surface area (Å²) in [5.74, 6) is -0.0989. The molecule has 0 radical (unpaired) electrons. The van der Waals surface area contributed by atoms with Crippen LogP contribution in [0.25, 0.3) is 0 Å². The van der Waals surface area contributed by atoms with Crippen LogP contribution in [0.5, 0.6) is 0 Å². The number of anilines is 1. The molecular weight excluding hydrogens is 295 g/mol. The second kappa shape index (κ2) is 6.64. The van der Waals surface area contributed by atoms with Crippen molar-refractivity contribution < 1.29 is 4.79 Å². The largest absolute Gasteiger partial charge is 0.381 e. The van der Waals surface area contributed by atoms with E-state index in [9.17, 15) is 4.79 Å². The second-order valence-electron chi connectivity index (χ2n) is 4.29. The molecule has 3 nitrogen and oxygen atoms in total. The Morgan fingerprint density at radius 2 is 1.65 bits per heavy atom. The molecule has 0 heterocycles. The number of hydrogen-bond donors (Lipinski definition) is 2. The number of amides is 1. The smallest absolute Gasteiger partial charge is 0.251 e.